The number of hydrogen-bond acceptors (Lipinski definition) is 2. The predicted octanol–water partition coefficient (Wildman–Crippen LogP) is 2.18. The standard InChI is InChI=1S/C13H18FN3/c14-12-5-6-13(17-9-12)16-8-11-3-1-10(7-15)2-4-11/h1,3,9H,2,4-8,15H2,(H,16,17). The molecule has 1 aliphatic heterocycles. The Morgan fingerprint density at radius 1 is 1.18 bits per heavy atom. The van der Waals surface area contributed by atoms with E-state index < -0.39 is 0 Å². The zero-order valence-electron chi connectivity index (χ0n) is 9.88. The van der Waals surface area contributed by atoms with Gasteiger partial charge in [-0.25, -0.2) is 4.39 Å². The Morgan fingerprint density at radius 2 is 1.94 bits per heavy atom. The normalized spacial score (nSPS) is 22.7. The van der Waals surface area contributed by atoms with E-state index in [1.165, 1.54) is 17.3 Å². The van der Waals surface area contributed by atoms with E-state index in [9.17, 15) is 4.39 Å². The van der Waals surface area contributed by atoms with Crippen LogP contribution in [0.25, 0.3) is 0 Å². The average Bonchev–Trinajstić information content (AvgIpc) is 2.39. The highest BCUT2D eigenvalue weighted by Crippen LogP contribution is 2.18. The molecule has 0 fully saturated rings. The number of allylic oxidation sites excluding steroid dienone is 3. The van der Waals surface area contributed by atoms with E-state index in [1.54, 1.807) is 0 Å². The van der Waals surface area contributed by atoms with Crippen molar-refractivity contribution in [1.29, 1.82) is 0 Å². The van der Waals surface area contributed by atoms with Gasteiger partial charge in [0.2, 0.25) is 0 Å². The second-order valence-corrected chi connectivity index (χ2v) is 4.35. The Hall–Kier alpha value is -1.42. The fraction of sp³-hybridized carbons (Fsp3) is 0.462. The second-order valence-electron chi connectivity index (χ2n) is 4.35. The third-order valence-corrected chi connectivity index (χ3v) is 3.05. The van der Waals surface area contributed by atoms with Crippen LogP contribution in [0.3, 0.4) is 0 Å². The largest absolute Gasteiger partial charge is 0.348 e. The number of amidine groups is 1. The van der Waals surface area contributed by atoms with Gasteiger partial charge in [-0.05, 0) is 18.4 Å². The highest BCUT2D eigenvalue weighted by Gasteiger charge is 2.08. The van der Waals surface area contributed by atoms with Gasteiger partial charge >= 0.3 is 0 Å². The Labute approximate surface area is 101 Å². The number of rotatable bonds is 3. The van der Waals surface area contributed by atoms with E-state index in [2.05, 4.69) is 22.5 Å². The maximum atomic E-state index is 12.7. The third kappa shape index (κ3) is 3.53. The zero-order chi connectivity index (χ0) is 12.1. The molecule has 2 rings (SSSR count). The Balaban J connectivity index is 1.89. The summed E-state index contributed by atoms with van der Waals surface area (Å²) in [6, 6.07) is 0. The Kier molecular flexibility index (Phi) is 4.09. The minimum atomic E-state index is -0.101. The van der Waals surface area contributed by atoms with Crippen LogP contribution < -0.4 is 11.1 Å². The average molecular weight is 235 g/mol. The summed E-state index contributed by atoms with van der Waals surface area (Å²) < 4.78 is 12.7. The van der Waals surface area contributed by atoms with Crippen molar-refractivity contribution in [3.8, 4) is 0 Å². The molecule has 3 N–H and O–H groups in total. The fourth-order valence-corrected chi connectivity index (χ4v) is 1.89. The lowest BCUT2D eigenvalue weighted by atomic mass is 9.98. The molecule has 0 saturated carbocycles. The molecule has 0 amide bonds. The topological polar surface area (TPSA) is 50.4 Å². The SMILES string of the molecule is NCC1=CC=C(CN=C2CCC(F)=CN2)CC1. The quantitative estimate of drug-likeness (QED) is 0.787. The van der Waals surface area contributed by atoms with Crippen LogP contribution in [-0.4, -0.2) is 18.9 Å². The summed E-state index contributed by atoms with van der Waals surface area (Å²) in [5.74, 6) is 0.775. The van der Waals surface area contributed by atoms with Crippen molar-refractivity contribution >= 4 is 5.84 Å². The number of hydrogen-bond donors (Lipinski definition) is 2. The smallest absolute Gasteiger partial charge is 0.116 e. The zero-order valence-corrected chi connectivity index (χ0v) is 9.88. The molecule has 0 aromatic rings. The molecule has 0 spiro atoms. The van der Waals surface area contributed by atoms with Gasteiger partial charge in [0.1, 0.15) is 11.7 Å². The van der Waals surface area contributed by atoms with Crippen molar-refractivity contribution in [3.05, 3.63) is 35.3 Å². The van der Waals surface area contributed by atoms with Gasteiger partial charge in [-0.2, -0.15) is 0 Å². The lowest BCUT2D eigenvalue weighted by molar-refractivity contribution is 0.578. The molecule has 92 valence electrons. The lowest BCUT2D eigenvalue weighted by Gasteiger charge is -2.14. The summed E-state index contributed by atoms with van der Waals surface area (Å²) in [6.45, 7) is 1.34. The monoisotopic (exact) mass is 235 g/mol. The van der Waals surface area contributed by atoms with Crippen molar-refractivity contribution < 1.29 is 4.39 Å². The van der Waals surface area contributed by atoms with Crippen LogP contribution in [0.5, 0.6) is 0 Å². The van der Waals surface area contributed by atoms with Crippen LogP contribution in [0.1, 0.15) is 25.7 Å². The Morgan fingerprint density at radius 3 is 2.53 bits per heavy atom. The summed E-state index contributed by atoms with van der Waals surface area (Å²) in [4.78, 5) is 4.46. The van der Waals surface area contributed by atoms with Crippen LogP contribution in [0.4, 0.5) is 4.39 Å². The molecule has 0 bridgehead atoms. The van der Waals surface area contributed by atoms with Crippen molar-refractivity contribution in [3.63, 3.8) is 0 Å². The number of aliphatic imine (C=N–C) groups is 1. The van der Waals surface area contributed by atoms with E-state index in [4.69, 9.17) is 5.73 Å². The number of nitrogens with one attached hydrogen (secondary N) is 1. The summed E-state index contributed by atoms with van der Waals surface area (Å²) in [7, 11) is 0. The van der Waals surface area contributed by atoms with E-state index >= 15 is 0 Å². The molecule has 0 unspecified atom stereocenters. The molecule has 0 aromatic heterocycles. The van der Waals surface area contributed by atoms with Crippen LogP contribution in [-0.2, 0) is 0 Å². The maximum absolute atomic E-state index is 12.7. The first-order chi connectivity index (χ1) is 8.28. The van der Waals surface area contributed by atoms with Crippen LogP contribution >= 0.6 is 0 Å². The molecule has 0 aromatic carbocycles. The first-order valence-corrected chi connectivity index (χ1v) is 6.00. The minimum absolute atomic E-state index is 0.101. The highest BCUT2D eigenvalue weighted by atomic mass is 19.1. The van der Waals surface area contributed by atoms with Crippen LogP contribution in [0, 0.1) is 0 Å². The van der Waals surface area contributed by atoms with E-state index in [0.717, 1.165) is 18.7 Å². The van der Waals surface area contributed by atoms with E-state index in [-0.39, 0.29) is 5.83 Å². The van der Waals surface area contributed by atoms with Crippen LogP contribution in [0.15, 0.2) is 40.3 Å². The first-order valence-electron chi connectivity index (χ1n) is 6.00. The number of halogens is 1. The van der Waals surface area contributed by atoms with Gasteiger partial charge in [0.25, 0.3) is 0 Å². The van der Waals surface area contributed by atoms with Gasteiger partial charge in [-0.3, -0.25) is 4.99 Å². The van der Waals surface area contributed by atoms with Gasteiger partial charge in [0.15, 0.2) is 0 Å². The summed E-state index contributed by atoms with van der Waals surface area (Å²) in [5, 5.41) is 2.88. The number of nitrogens with two attached hydrogens (primary N) is 1. The van der Waals surface area contributed by atoms with Crippen molar-refractivity contribution in [2.75, 3.05) is 13.1 Å². The molecule has 17 heavy (non-hydrogen) atoms. The summed E-state index contributed by atoms with van der Waals surface area (Å²) >= 11 is 0. The van der Waals surface area contributed by atoms with Gasteiger partial charge in [-0.15, -0.1) is 0 Å². The molecule has 0 atom stereocenters. The van der Waals surface area contributed by atoms with Gasteiger partial charge < -0.3 is 11.1 Å². The molecule has 0 radical (unpaired) electrons. The molecule has 1 heterocycles. The molecule has 4 heteroatoms. The molecular formula is C13H18FN3. The molecule has 3 nitrogen and oxygen atoms in total. The maximum Gasteiger partial charge on any atom is 0.116 e. The first kappa shape index (κ1) is 12.0. The molecule has 1 aliphatic carbocycles. The lowest BCUT2D eigenvalue weighted by Crippen LogP contribution is -2.22. The minimum Gasteiger partial charge on any atom is -0.348 e. The second kappa shape index (κ2) is 5.77. The van der Waals surface area contributed by atoms with E-state index in [0.29, 0.717) is 25.9 Å². The Bertz CT molecular complexity index is 405. The predicted molar refractivity (Wildman–Crippen MR) is 68.3 cm³/mol. The molecule has 2 aliphatic rings. The van der Waals surface area contributed by atoms with Gasteiger partial charge in [0, 0.05) is 25.6 Å². The van der Waals surface area contributed by atoms with E-state index in [1.807, 2.05) is 0 Å². The molecular weight excluding hydrogens is 217 g/mol. The summed E-state index contributed by atoms with van der Waals surface area (Å²) in [6.07, 6.45) is 8.78. The van der Waals surface area contributed by atoms with Gasteiger partial charge in [-0.1, -0.05) is 17.7 Å². The van der Waals surface area contributed by atoms with Crippen molar-refractivity contribution in [2.45, 2.75) is 25.7 Å². The van der Waals surface area contributed by atoms with Crippen LogP contribution in [0.2, 0.25) is 0 Å². The highest BCUT2D eigenvalue weighted by molar-refractivity contribution is 5.84. The van der Waals surface area contributed by atoms with Crippen molar-refractivity contribution in [2.24, 2.45) is 10.7 Å². The van der Waals surface area contributed by atoms with Gasteiger partial charge in [0.05, 0.1) is 6.54 Å². The third-order valence-electron chi connectivity index (χ3n) is 3.05. The molecule has 0 saturated heterocycles. The fourth-order valence-electron chi connectivity index (χ4n) is 1.89. The summed E-state index contributed by atoms with van der Waals surface area (Å²) in [5.41, 5.74) is 8.18. The van der Waals surface area contributed by atoms with Crippen molar-refractivity contribution in [1.82, 2.24) is 5.32 Å². The number of nitrogens with zero attached hydrogens (tertiary/aromatic N) is 1.